The minimum atomic E-state index is -5.00. The molecule has 2 amide bonds. The van der Waals surface area contributed by atoms with Crippen molar-refractivity contribution in [1.29, 1.82) is 0 Å². The number of nitrogens with zero attached hydrogens (tertiary/aromatic N) is 3. The molecule has 2 aliphatic rings. The summed E-state index contributed by atoms with van der Waals surface area (Å²) in [5.41, 5.74) is 3.81. The van der Waals surface area contributed by atoms with E-state index >= 15 is 0 Å². The fourth-order valence-electron chi connectivity index (χ4n) is 4.04. The lowest BCUT2D eigenvalue weighted by molar-refractivity contribution is -0.295. The molecule has 3 heterocycles. The summed E-state index contributed by atoms with van der Waals surface area (Å²) in [6.45, 7) is 8.22. The number of alkyl halides is 3. The Morgan fingerprint density at radius 1 is 1.16 bits per heavy atom. The average Bonchev–Trinajstić information content (AvgIpc) is 3.40. The minimum Gasteiger partial charge on any atom is -0.472 e. The first kappa shape index (κ1) is 28.5. The maximum Gasteiger partial charge on any atom is 0.519 e. The molecule has 1 atom stereocenters. The molecule has 1 aromatic heterocycles. The van der Waals surface area contributed by atoms with Crippen LogP contribution < -0.4 is 15.0 Å². The predicted octanol–water partition coefficient (Wildman–Crippen LogP) is 3.78. The van der Waals surface area contributed by atoms with Crippen LogP contribution in [0.25, 0.3) is 11.1 Å². The lowest BCUT2D eigenvalue weighted by Gasteiger charge is -2.28. The van der Waals surface area contributed by atoms with Gasteiger partial charge in [0.2, 0.25) is 5.88 Å². The van der Waals surface area contributed by atoms with E-state index in [1.165, 1.54) is 0 Å². The first-order valence-electron chi connectivity index (χ1n) is 12.1. The molecular weight excluding hydrogens is 493 g/mol. The highest BCUT2D eigenvalue weighted by atomic mass is 19.4. The Bertz CT molecular complexity index is 1040. The number of pyridine rings is 1. The van der Waals surface area contributed by atoms with E-state index in [1.54, 1.807) is 0 Å². The SMILES string of the molecule is Cc1ccc(NC(=O)N2CCCC2)cc1-c1cc(OC(C)CO)nc(N2CCOCC2)c1.OC(F)(F)F. The standard InChI is InChI=1S/C24H32N4O4.CHF3O/c1-17-5-6-20(25-24(30)28-7-3-4-8-28)15-21(17)19-13-22(27-9-11-31-12-10-27)26-23(14-19)32-18(2)16-29;2-1(3,4)5/h5-6,13-15,18,29H,3-4,7-12,16H2,1-2H3,(H,25,30);5H. The highest BCUT2D eigenvalue weighted by Crippen LogP contribution is 2.32. The monoisotopic (exact) mass is 526 g/mol. The number of nitrogens with one attached hydrogen (secondary N) is 1. The summed E-state index contributed by atoms with van der Waals surface area (Å²) in [5.74, 6) is 1.29. The molecule has 2 aromatic rings. The van der Waals surface area contributed by atoms with Crippen LogP contribution in [0.15, 0.2) is 30.3 Å². The number of amides is 2. The summed E-state index contributed by atoms with van der Waals surface area (Å²) >= 11 is 0. The van der Waals surface area contributed by atoms with Crippen molar-refractivity contribution in [3.8, 4) is 17.0 Å². The lowest BCUT2D eigenvalue weighted by atomic mass is 10.00. The number of likely N-dealkylation sites (tertiary alicyclic amines) is 1. The molecule has 37 heavy (non-hydrogen) atoms. The molecule has 1 unspecified atom stereocenters. The maximum atomic E-state index is 12.6. The van der Waals surface area contributed by atoms with Gasteiger partial charge in [-0.2, -0.15) is 4.98 Å². The van der Waals surface area contributed by atoms with Crippen LogP contribution in [0, 0.1) is 6.92 Å². The van der Waals surface area contributed by atoms with E-state index < -0.39 is 6.36 Å². The van der Waals surface area contributed by atoms with E-state index in [2.05, 4.69) is 21.3 Å². The normalized spacial score (nSPS) is 16.6. The van der Waals surface area contributed by atoms with Gasteiger partial charge in [0.1, 0.15) is 11.9 Å². The van der Waals surface area contributed by atoms with E-state index in [9.17, 15) is 23.1 Å². The largest absolute Gasteiger partial charge is 0.519 e. The number of anilines is 2. The molecule has 2 aliphatic heterocycles. The van der Waals surface area contributed by atoms with Crippen molar-refractivity contribution < 1.29 is 37.7 Å². The molecule has 1 aromatic carbocycles. The van der Waals surface area contributed by atoms with Gasteiger partial charge in [0.25, 0.3) is 0 Å². The Morgan fingerprint density at radius 3 is 2.43 bits per heavy atom. The number of halogens is 3. The number of aryl methyl sites for hydroxylation is 1. The number of aliphatic hydroxyl groups excluding tert-OH is 1. The van der Waals surface area contributed by atoms with Gasteiger partial charge in [-0.25, -0.2) is 4.79 Å². The van der Waals surface area contributed by atoms with Crippen LogP contribution in [0.1, 0.15) is 25.3 Å². The van der Waals surface area contributed by atoms with Crippen molar-refractivity contribution in [3.63, 3.8) is 0 Å². The highest BCUT2D eigenvalue weighted by Gasteiger charge is 2.21. The van der Waals surface area contributed by atoms with Crippen molar-refractivity contribution >= 4 is 17.5 Å². The Balaban J connectivity index is 0.000000695. The summed E-state index contributed by atoms with van der Waals surface area (Å²) in [6, 6.07) is 9.84. The fraction of sp³-hybridized carbons (Fsp3) is 0.520. The number of rotatable bonds is 6. The molecule has 0 bridgehead atoms. The molecule has 2 saturated heterocycles. The summed E-state index contributed by atoms with van der Waals surface area (Å²) in [4.78, 5) is 21.3. The number of aliphatic hydroxyl groups is 2. The quantitative estimate of drug-likeness (QED) is 0.526. The van der Waals surface area contributed by atoms with Gasteiger partial charge in [0, 0.05) is 37.9 Å². The zero-order valence-corrected chi connectivity index (χ0v) is 20.9. The molecule has 204 valence electrons. The van der Waals surface area contributed by atoms with E-state index in [1.807, 2.05) is 43.0 Å². The number of aromatic nitrogens is 1. The van der Waals surface area contributed by atoms with Crippen LogP contribution in [0.5, 0.6) is 5.88 Å². The Morgan fingerprint density at radius 2 is 1.81 bits per heavy atom. The van der Waals surface area contributed by atoms with Gasteiger partial charge in [-0.3, -0.25) is 0 Å². The zero-order valence-electron chi connectivity index (χ0n) is 20.9. The van der Waals surface area contributed by atoms with Crippen molar-refractivity contribution in [2.24, 2.45) is 0 Å². The summed E-state index contributed by atoms with van der Waals surface area (Å²) in [7, 11) is 0. The number of morpholine rings is 1. The second-order valence-corrected chi connectivity index (χ2v) is 8.88. The van der Waals surface area contributed by atoms with Crippen LogP contribution in [0.4, 0.5) is 29.5 Å². The number of ether oxygens (including phenoxy) is 2. The predicted molar refractivity (Wildman–Crippen MR) is 133 cm³/mol. The lowest BCUT2D eigenvalue weighted by Crippen LogP contribution is -2.36. The molecule has 12 heteroatoms. The smallest absolute Gasteiger partial charge is 0.472 e. The molecule has 0 spiro atoms. The third-order valence-corrected chi connectivity index (χ3v) is 5.90. The van der Waals surface area contributed by atoms with Gasteiger partial charge in [0.15, 0.2) is 0 Å². The number of hydrogen-bond donors (Lipinski definition) is 3. The number of carbonyl (C=O) groups excluding carboxylic acids is 1. The molecule has 0 saturated carbocycles. The Kier molecular flexibility index (Phi) is 9.95. The third kappa shape index (κ3) is 9.06. The molecule has 2 fully saturated rings. The number of carbonyl (C=O) groups is 1. The summed E-state index contributed by atoms with van der Waals surface area (Å²) < 4.78 is 41.1. The van der Waals surface area contributed by atoms with Crippen molar-refractivity contribution in [3.05, 3.63) is 35.9 Å². The molecule has 4 rings (SSSR count). The summed E-state index contributed by atoms with van der Waals surface area (Å²) in [6.07, 6.45) is -3.24. The van der Waals surface area contributed by atoms with Crippen LogP contribution in [-0.4, -0.2) is 84.6 Å². The van der Waals surface area contributed by atoms with Crippen LogP contribution in [0.2, 0.25) is 0 Å². The van der Waals surface area contributed by atoms with Gasteiger partial charge < -0.3 is 34.8 Å². The van der Waals surface area contributed by atoms with E-state index in [4.69, 9.17) is 14.6 Å². The van der Waals surface area contributed by atoms with E-state index in [-0.39, 0.29) is 18.7 Å². The molecule has 3 N–H and O–H groups in total. The second-order valence-electron chi connectivity index (χ2n) is 8.88. The molecule has 0 aliphatic carbocycles. The Hall–Kier alpha value is -3.09. The number of benzene rings is 1. The third-order valence-electron chi connectivity index (χ3n) is 5.90. The van der Waals surface area contributed by atoms with Gasteiger partial charge in [-0.05, 0) is 61.6 Å². The maximum absolute atomic E-state index is 12.6. The van der Waals surface area contributed by atoms with E-state index in [0.29, 0.717) is 19.1 Å². The van der Waals surface area contributed by atoms with Crippen LogP contribution in [0.3, 0.4) is 0 Å². The van der Waals surface area contributed by atoms with Gasteiger partial charge in [0.05, 0.1) is 19.8 Å². The topological polar surface area (TPSA) is 107 Å². The van der Waals surface area contributed by atoms with Gasteiger partial charge >= 0.3 is 12.4 Å². The average molecular weight is 527 g/mol. The summed E-state index contributed by atoms with van der Waals surface area (Å²) in [5, 5.41) is 19.0. The molecule has 9 nitrogen and oxygen atoms in total. The second kappa shape index (κ2) is 12.9. The zero-order chi connectivity index (χ0) is 27.0. The Labute approximate surface area is 213 Å². The van der Waals surface area contributed by atoms with Crippen LogP contribution in [-0.2, 0) is 4.74 Å². The van der Waals surface area contributed by atoms with Crippen molar-refractivity contribution in [2.45, 2.75) is 39.2 Å². The highest BCUT2D eigenvalue weighted by molar-refractivity contribution is 5.90. The van der Waals surface area contributed by atoms with Crippen molar-refractivity contribution in [2.75, 3.05) is 56.2 Å². The number of urea groups is 1. The fourth-order valence-corrected chi connectivity index (χ4v) is 4.04. The number of hydrogen-bond acceptors (Lipinski definition) is 7. The van der Waals surface area contributed by atoms with Gasteiger partial charge in [-0.15, -0.1) is 13.2 Å². The molecular formula is C25H33F3N4O5. The molecule has 0 radical (unpaired) electrons. The van der Waals surface area contributed by atoms with Gasteiger partial charge in [-0.1, -0.05) is 6.07 Å². The minimum absolute atomic E-state index is 0.0539. The van der Waals surface area contributed by atoms with Crippen LogP contribution >= 0.6 is 0 Å². The first-order chi connectivity index (χ1) is 17.5. The van der Waals surface area contributed by atoms with Crippen molar-refractivity contribution in [1.82, 2.24) is 9.88 Å². The first-order valence-corrected chi connectivity index (χ1v) is 12.1. The van der Waals surface area contributed by atoms with E-state index in [0.717, 1.165) is 67.2 Å².